The minimum atomic E-state index is -0.127. The van der Waals surface area contributed by atoms with Crippen molar-refractivity contribution in [1.82, 2.24) is 4.98 Å². The third kappa shape index (κ3) is 3.66. The zero-order valence-electron chi connectivity index (χ0n) is 17.2. The Hall–Kier alpha value is -2.70. The first kappa shape index (κ1) is 20.0. The van der Waals surface area contributed by atoms with Crippen LogP contribution in [0.5, 0.6) is 17.2 Å². The van der Waals surface area contributed by atoms with Gasteiger partial charge in [0.05, 0.1) is 39.4 Å². The molecule has 2 heterocycles. The first-order valence-electron chi connectivity index (χ1n) is 9.55. The second kappa shape index (κ2) is 8.54. The Labute approximate surface area is 165 Å². The average molecular weight is 388 g/mol. The minimum Gasteiger partial charge on any atom is -0.493 e. The standard InChI is InChI=1S/C21H28N2O5/c1-6-28-21(24)14-8-7-9-23(12-14)17-10-13(2)18-15(22-17)11-16(25-3)19(26-4)20(18)27-5/h10-11,14H,6-9,12H2,1-5H3. The van der Waals surface area contributed by atoms with Crippen LogP contribution in [0, 0.1) is 12.8 Å². The predicted molar refractivity (Wildman–Crippen MR) is 108 cm³/mol. The molecule has 3 rings (SSSR count). The zero-order valence-corrected chi connectivity index (χ0v) is 17.2. The number of hydrogen-bond donors (Lipinski definition) is 0. The largest absolute Gasteiger partial charge is 0.493 e. The molecule has 1 saturated heterocycles. The van der Waals surface area contributed by atoms with Gasteiger partial charge < -0.3 is 23.8 Å². The number of aromatic nitrogens is 1. The molecule has 1 atom stereocenters. The number of ether oxygens (including phenoxy) is 4. The number of fused-ring (bicyclic) bond motifs is 1. The van der Waals surface area contributed by atoms with Gasteiger partial charge in [0, 0.05) is 24.5 Å². The van der Waals surface area contributed by atoms with Crippen molar-refractivity contribution in [2.45, 2.75) is 26.7 Å². The maximum atomic E-state index is 12.2. The Kier molecular flexibility index (Phi) is 6.11. The highest BCUT2D eigenvalue weighted by Gasteiger charge is 2.28. The molecule has 7 nitrogen and oxygen atoms in total. The molecule has 2 aromatic rings. The summed E-state index contributed by atoms with van der Waals surface area (Å²) in [5.41, 5.74) is 1.79. The number of pyridine rings is 1. The van der Waals surface area contributed by atoms with Gasteiger partial charge in [-0.15, -0.1) is 0 Å². The van der Waals surface area contributed by atoms with Gasteiger partial charge in [-0.2, -0.15) is 0 Å². The Balaban J connectivity index is 2.03. The minimum absolute atomic E-state index is 0.119. The van der Waals surface area contributed by atoms with Gasteiger partial charge in [0.25, 0.3) is 0 Å². The molecule has 0 aliphatic carbocycles. The van der Waals surface area contributed by atoms with Crippen LogP contribution in [-0.4, -0.2) is 52.0 Å². The molecule has 1 unspecified atom stereocenters. The van der Waals surface area contributed by atoms with Gasteiger partial charge in [-0.05, 0) is 38.3 Å². The van der Waals surface area contributed by atoms with E-state index in [4.69, 9.17) is 23.9 Å². The normalized spacial score (nSPS) is 16.8. The maximum absolute atomic E-state index is 12.2. The summed E-state index contributed by atoms with van der Waals surface area (Å²) < 4.78 is 21.8. The van der Waals surface area contributed by atoms with Gasteiger partial charge in [-0.1, -0.05) is 0 Å². The van der Waals surface area contributed by atoms with Crippen LogP contribution in [0.2, 0.25) is 0 Å². The molecule has 0 amide bonds. The third-order valence-electron chi connectivity index (χ3n) is 5.15. The van der Waals surface area contributed by atoms with Crippen molar-refractivity contribution in [1.29, 1.82) is 0 Å². The number of carbonyl (C=O) groups excluding carboxylic acids is 1. The fraction of sp³-hybridized carbons (Fsp3) is 0.524. The molecule has 1 fully saturated rings. The highest BCUT2D eigenvalue weighted by atomic mass is 16.5. The molecular weight excluding hydrogens is 360 g/mol. The van der Waals surface area contributed by atoms with E-state index in [1.807, 2.05) is 26.0 Å². The summed E-state index contributed by atoms with van der Waals surface area (Å²) in [5.74, 6) is 2.32. The van der Waals surface area contributed by atoms with Crippen LogP contribution >= 0.6 is 0 Å². The van der Waals surface area contributed by atoms with Crippen molar-refractivity contribution in [3.8, 4) is 17.2 Å². The number of nitrogens with zero attached hydrogens (tertiary/aromatic N) is 2. The first-order chi connectivity index (χ1) is 13.5. The topological polar surface area (TPSA) is 70.1 Å². The molecule has 1 aromatic heterocycles. The van der Waals surface area contributed by atoms with Crippen LogP contribution in [0.3, 0.4) is 0 Å². The summed E-state index contributed by atoms with van der Waals surface area (Å²) >= 11 is 0. The summed E-state index contributed by atoms with van der Waals surface area (Å²) in [7, 11) is 4.79. The first-order valence-corrected chi connectivity index (χ1v) is 9.55. The lowest BCUT2D eigenvalue weighted by molar-refractivity contribution is -0.148. The molecule has 0 N–H and O–H groups in total. The summed E-state index contributed by atoms with van der Waals surface area (Å²) in [5, 5.41) is 0.892. The molecule has 0 bridgehead atoms. The van der Waals surface area contributed by atoms with Gasteiger partial charge in [-0.3, -0.25) is 4.79 Å². The van der Waals surface area contributed by atoms with Crippen molar-refractivity contribution in [3.05, 3.63) is 17.7 Å². The molecule has 28 heavy (non-hydrogen) atoms. The Morgan fingerprint density at radius 2 is 1.93 bits per heavy atom. The number of aryl methyl sites for hydroxylation is 1. The van der Waals surface area contributed by atoms with Crippen molar-refractivity contribution >= 4 is 22.7 Å². The summed E-state index contributed by atoms with van der Waals surface area (Å²) in [6.45, 7) is 5.74. The molecule has 1 aliphatic rings. The van der Waals surface area contributed by atoms with E-state index in [-0.39, 0.29) is 11.9 Å². The lowest BCUT2D eigenvalue weighted by atomic mass is 9.98. The second-order valence-electron chi connectivity index (χ2n) is 6.87. The van der Waals surface area contributed by atoms with Crippen LogP contribution in [-0.2, 0) is 9.53 Å². The van der Waals surface area contributed by atoms with E-state index in [1.54, 1.807) is 21.3 Å². The zero-order chi connectivity index (χ0) is 20.3. The monoisotopic (exact) mass is 388 g/mol. The molecule has 1 aromatic carbocycles. The van der Waals surface area contributed by atoms with Crippen LogP contribution in [0.25, 0.3) is 10.9 Å². The number of esters is 1. The Bertz CT molecular complexity index is 868. The smallest absolute Gasteiger partial charge is 0.310 e. The number of methoxy groups -OCH3 is 3. The SMILES string of the molecule is CCOC(=O)C1CCCN(c2cc(C)c3c(OC)c(OC)c(OC)cc3n2)C1. The van der Waals surface area contributed by atoms with Gasteiger partial charge in [0.1, 0.15) is 5.82 Å². The predicted octanol–water partition coefficient (Wildman–Crippen LogP) is 3.35. The molecule has 0 spiro atoms. The van der Waals surface area contributed by atoms with Crippen LogP contribution in [0.4, 0.5) is 5.82 Å². The van der Waals surface area contributed by atoms with E-state index in [2.05, 4.69) is 4.90 Å². The van der Waals surface area contributed by atoms with Crippen LogP contribution in [0.15, 0.2) is 12.1 Å². The van der Waals surface area contributed by atoms with E-state index in [0.717, 1.165) is 41.7 Å². The number of hydrogen-bond acceptors (Lipinski definition) is 7. The average Bonchev–Trinajstić information content (AvgIpc) is 2.72. The van der Waals surface area contributed by atoms with Crippen LogP contribution in [0.1, 0.15) is 25.3 Å². The number of benzene rings is 1. The molecule has 0 radical (unpaired) electrons. The van der Waals surface area contributed by atoms with Gasteiger partial charge in [0.15, 0.2) is 11.5 Å². The van der Waals surface area contributed by atoms with E-state index < -0.39 is 0 Å². The number of carbonyl (C=O) groups is 1. The van der Waals surface area contributed by atoms with Gasteiger partial charge >= 0.3 is 5.97 Å². The fourth-order valence-electron chi connectivity index (χ4n) is 3.83. The molecule has 1 aliphatic heterocycles. The lowest BCUT2D eigenvalue weighted by Gasteiger charge is -2.32. The molecule has 0 saturated carbocycles. The van der Waals surface area contributed by atoms with E-state index in [9.17, 15) is 4.79 Å². The molecular formula is C21H28N2O5. The van der Waals surface area contributed by atoms with Crippen molar-refractivity contribution in [2.75, 3.05) is 45.9 Å². The number of piperidine rings is 1. The Morgan fingerprint density at radius 3 is 2.57 bits per heavy atom. The summed E-state index contributed by atoms with van der Waals surface area (Å²) in [4.78, 5) is 19.2. The third-order valence-corrected chi connectivity index (χ3v) is 5.15. The van der Waals surface area contributed by atoms with Gasteiger partial charge in [-0.25, -0.2) is 4.98 Å². The van der Waals surface area contributed by atoms with Crippen molar-refractivity contribution in [3.63, 3.8) is 0 Å². The highest BCUT2D eigenvalue weighted by Crippen LogP contribution is 2.44. The number of anilines is 1. The van der Waals surface area contributed by atoms with Gasteiger partial charge in [0.2, 0.25) is 5.75 Å². The second-order valence-corrected chi connectivity index (χ2v) is 6.87. The van der Waals surface area contributed by atoms with Crippen LogP contribution < -0.4 is 19.1 Å². The van der Waals surface area contributed by atoms with E-state index in [1.165, 1.54) is 0 Å². The molecule has 7 heteroatoms. The quantitative estimate of drug-likeness (QED) is 0.703. The highest BCUT2D eigenvalue weighted by molar-refractivity contribution is 5.94. The van der Waals surface area contributed by atoms with E-state index >= 15 is 0 Å². The number of rotatable bonds is 6. The summed E-state index contributed by atoms with van der Waals surface area (Å²) in [6, 6.07) is 3.89. The van der Waals surface area contributed by atoms with Crippen molar-refractivity contribution in [2.24, 2.45) is 5.92 Å². The van der Waals surface area contributed by atoms with Crippen molar-refractivity contribution < 1.29 is 23.7 Å². The maximum Gasteiger partial charge on any atom is 0.310 e. The fourth-order valence-corrected chi connectivity index (χ4v) is 3.83. The lowest BCUT2D eigenvalue weighted by Crippen LogP contribution is -2.39. The Morgan fingerprint density at radius 1 is 1.18 bits per heavy atom. The summed E-state index contributed by atoms with van der Waals surface area (Å²) in [6.07, 6.45) is 1.78. The molecule has 152 valence electrons. The van der Waals surface area contributed by atoms with E-state index in [0.29, 0.717) is 30.4 Å².